The molecule has 0 bridgehead atoms. The van der Waals surface area contributed by atoms with Gasteiger partial charge in [0.2, 0.25) is 11.0 Å². The molecule has 5 nitrogen and oxygen atoms in total. The highest BCUT2D eigenvalue weighted by Crippen LogP contribution is 2.30. The third-order valence-corrected chi connectivity index (χ3v) is 3.98. The smallest absolute Gasteiger partial charge is 0.375 e. The van der Waals surface area contributed by atoms with Gasteiger partial charge in [-0.05, 0) is 36.5 Å². The molecule has 2 aliphatic rings. The topological polar surface area (TPSA) is 48.6 Å². The second-order valence-corrected chi connectivity index (χ2v) is 5.76. The Morgan fingerprint density at radius 1 is 1.16 bits per heavy atom. The molecule has 1 aliphatic carbocycles. The number of rotatable bonds is 2. The second kappa shape index (κ2) is 6.67. The molecule has 1 aromatic rings. The Labute approximate surface area is 147 Å². The van der Waals surface area contributed by atoms with Gasteiger partial charge in [0.1, 0.15) is 0 Å². The minimum absolute atomic E-state index is 0.286. The molecule has 1 unspecified atom stereocenters. The molecule has 0 aromatic heterocycles. The fourth-order valence-electron chi connectivity index (χ4n) is 2.33. The van der Waals surface area contributed by atoms with Gasteiger partial charge in [-0.1, -0.05) is 24.3 Å². The third-order valence-electron chi connectivity index (χ3n) is 3.62. The van der Waals surface area contributed by atoms with Gasteiger partial charge in [0.25, 0.3) is 0 Å². The van der Waals surface area contributed by atoms with E-state index in [1.165, 1.54) is 17.2 Å². The molecule has 0 saturated carbocycles. The van der Waals surface area contributed by atoms with E-state index in [4.69, 9.17) is 17.1 Å². The van der Waals surface area contributed by atoms with Gasteiger partial charge in [-0.2, -0.15) is 18.2 Å². The zero-order valence-electron chi connectivity index (χ0n) is 13.1. The van der Waals surface area contributed by atoms with E-state index in [9.17, 15) is 13.2 Å². The second-order valence-electron chi connectivity index (χ2n) is 5.37. The number of allylic oxidation sites excluding steroid dienone is 2. The van der Waals surface area contributed by atoms with Crippen LogP contribution >= 0.6 is 12.2 Å². The van der Waals surface area contributed by atoms with E-state index in [1.807, 2.05) is 24.3 Å². The first-order valence-corrected chi connectivity index (χ1v) is 7.76. The summed E-state index contributed by atoms with van der Waals surface area (Å²) < 4.78 is 38.0. The van der Waals surface area contributed by atoms with Crippen LogP contribution in [0.1, 0.15) is 5.56 Å². The highest BCUT2D eigenvalue weighted by Gasteiger charge is 2.30. The Morgan fingerprint density at radius 3 is 2.52 bits per heavy atom. The van der Waals surface area contributed by atoms with E-state index in [1.54, 1.807) is 7.05 Å². The van der Waals surface area contributed by atoms with E-state index in [0.717, 1.165) is 17.7 Å². The van der Waals surface area contributed by atoms with Crippen LogP contribution in [0, 0.1) is 0 Å². The highest BCUT2D eigenvalue weighted by molar-refractivity contribution is 7.80. The largest absolute Gasteiger partial charge is 0.416 e. The maximum Gasteiger partial charge on any atom is 0.416 e. The van der Waals surface area contributed by atoms with Gasteiger partial charge in [0, 0.05) is 18.3 Å². The van der Waals surface area contributed by atoms with Crippen LogP contribution in [-0.2, 0) is 11.0 Å². The summed E-state index contributed by atoms with van der Waals surface area (Å²) in [5.74, 6) is 0.445. The molecule has 3 rings (SSSR count). The summed E-state index contributed by atoms with van der Waals surface area (Å²) >= 11 is 5.02. The molecular weight excluding hydrogens is 353 g/mol. The highest BCUT2D eigenvalue weighted by atomic mass is 32.1. The lowest BCUT2D eigenvalue weighted by Crippen LogP contribution is -2.52. The number of alkyl halides is 3. The van der Waals surface area contributed by atoms with Gasteiger partial charge < -0.3 is 10.2 Å². The molecular formula is C16H15F3N4OS. The van der Waals surface area contributed by atoms with Crippen LogP contribution in [0.2, 0.25) is 0 Å². The van der Waals surface area contributed by atoms with Gasteiger partial charge in [0.15, 0.2) is 0 Å². The summed E-state index contributed by atoms with van der Waals surface area (Å²) in [6.45, 7) is 0. The average molecular weight is 368 g/mol. The fourth-order valence-corrected chi connectivity index (χ4v) is 2.42. The summed E-state index contributed by atoms with van der Waals surface area (Å²) in [6.07, 6.45) is 3.04. The van der Waals surface area contributed by atoms with Crippen LogP contribution in [0.5, 0.6) is 0 Å². The van der Waals surface area contributed by atoms with Crippen molar-refractivity contribution in [2.24, 2.45) is 0 Å². The van der Waals surface area contributed by atoms with Crippen LogP contribution in [0.15, 0.2) is 60.0 Å². The number of hydrogen-bond acceptors (Lipinski definition) is 4. The summed E-state index contributed by atoms with van der Waals surface area (Å²) in [7, 11) is 1.66. The van der Waals surface area contributed by atoms with Gasteiger partial charge in [0.05, 0.1) is 11.6 Å². The predicted molar refractivity (Wildman–Crippen MR) is 91.9 cm³/mol. The number of hydrogen-bond donors (Lipinski definition) is 3. The summed E-state index contributed by atoms with van der Waals surface area (Å²) in [4.78, 5) is 5.59. The van der Waals surface area contributed by atoms with Crippen LogP contribution in [-0.4, -0.2) is 23.3 Å². The van der Waals surface area contributed by atoms with Crippen LogP contribution < -0.4 is 16.2 Å². The van der Waals surface area contributed by atoms with Crippen molar-refractivity contribution in [2.45, 2.75) is 12.2 Å². The number of anilines is 1. The summed E-state index contributed by atoms with van der Waals surface area (Å²) in [6, 6.07) is 4.59. The number of halogens is 3. The van der Waals surface area contributed by atoms with Gasteiger partial charge in [-0.25, -0.2) is 0 Å². The van der Waals surface area contributed by atoms with Crippen molar-refractivity contribution in [3.05, 3.63) is 65.6 Å². The molecule has 0 radical (unpaired) electrons. The van der Waals surface area contributed by atoms with Crippen molar-refractivity contribution in [3.63, 3.8) is 0 Å². The van der Waals surface area contributed by atoms with Crippen LogP contribution in [0.3, 0.4) is 0 Å². The number of benzene rings is 1. The molecule has 3 N–H and O–H groups in total. The van der Waals surface area contributed by atoms with Gasteiger partial charge >= 0.3 is 6.18 Å². The molecule has 0 amide bonds. The predicted octanol–water partition coefficient (Wildman–Crippen LogP) is 3.08. The Hall–Kier alpha value is -2.68. The molecule has 25 heavy (non-hydrogen) atoms. The molecule has 9 heteroatoms. The quantitative estimate of drug-likeness (QED) is 0.698. The lowest BCUT2D eigenvalue weighted by molar-refractivity contribution is -0.137. The first kappa shape index (κ1) is 17.2. The number of nitrogens with zero attached hydrogens (tertiary/aromatic N) is 1. The zero-order valence-corrected chi connectivity index (χ0v) is 13.9. The maximum atomic E-state index is 12.7. The minimum atomic E-state index is -4.35. The molecule has 1 heterocycles. The molecule has 0 spiro atoms. The molecule has 1 fully saturated rings. The summed E-state index contributed by atoms with van der Waals surface area (Å²) in [5, 5.41) is 4.95. The Balaban J connectivity index is 1.80. The van der Waals surface area contributed by atoms with E-state index in [-0.39, 0.29) is 6.04 Å². The molecule has 132 valence electrons. The third kappa shape index (κ3) is 3.87. The zero-order chi connectivity index (χ0) is 18.0. The van der Waals surface area contributed by atoms with Crippen molar-refractivity contribution in [1.82, 2.24) is 15.9 Å². The number of hydroxylamine groups is 2. The molecule has 1 atom stereocenters. The molecule has 1 saturated heterocycles. The summed E-state index contributed by atoms with van der Waals surface area (Å²) in [5.41, 5.74) is 6.30. The van der Waals surface area contributed by atoms with E-state index in [2.05, 4.69) is 16.2 Å². The van der Waals surface area contributed by atoms with Crippen molar-refractivity contribution < 1.29 is 18.0 Å². The van der Waals surface area contributed by atoms with Crippen molar-refractivity contribution in [2.75, 3.05) is 12.4 Å². The molecule has 1 aromatic carbocycles. The first-order chi connectivity index (χ1) is 11.8. The van der Waals surface area contributed by atoms with Crippen molar-refractivity contribution in [3.8, 4) is 0 Å². The van der Waals surface area contributed by atoms with E-state index < -0.39 is 11.7 Å². The standard InChI is InChI=1S/C16H15F3N4OS/c1-23-15(25)22-21-14(24-23)12-4-2-3-5-13(12)20-11-8-6-10(7-9-11)16(17,18)19/h2-9,13,20-21H,1H3,(H,22,25). The Kier molecular flexibility index (Phi) is 4.58. The minimum Gasteiger partial charge on any atom is -0.375 e. The van der Waals surface area contributed by atoms with E-state index >= 15 is 0 Å². The molecule has 1 aliphatic heterocycles. The number of thiocarbonyl (C=S) groups is 1. The van der Waals surface area contributed by atoms with Crippen molar-refractivity contribution in [1.29, 1.82) is 0 Å². The van der Waals surface area contributed by atoms with E-state index in [0.29, 0.717) is 16.7 Å². The number of nitrogens with one attached hydrogen (secondary N) is 3. The van der Waals surface area contributed by atoms with Crippen molar-refractivity contribution >= 4 is 23.0 Å². The first-order valence-electron chi connectivity index (χ1n) is 7.35. The van der Waals surface area contributed by atoms with Gasteiger partial charge in [-0.3, -0.25) is 10.9 Å². The van der Waals surface area contributed by atoms with Crippen LogP contribution in [0.4, 0.5) is 18.9 Å². The average Bonchev–Trinajstić information content (AvgIpc) is 2.58. The Bertz CT molecular complexity index is 756. The SMILES string of the molecule is CN1OC(=C2C=CC=CC2Nc2ccc(C(F)(F)F)cc2)NNC1=S. The number of hydrazine groups is 1. The lowest BCUT2D eigenvalue weighted by Gasteiger charge is -2.32. The fraction of sp³-hybridized carbons (Fsp3) is 0.188. The maximum absolute atomic E-state index is 12.7. The Morgan fingerprint density at radius 2 is 1.88 bits per heavy atom. The van der Waals surface area contributed by atoms with Gasteiger partial charge in [-0.15, -0.1) is 0 Å². The lowest BCUT2D eigenvalue weighted by atomic mass is 10.0. The monoisotopic (exact) mass is 368 g/mol. The normalized spacial score (nSPS) is 23.0. The van der Waals surface area contributed by atoms with Crippen LogP contribution in [0.25, 0.3) is 0 Å².